The van der Waals surface area contributed by atoms with Crippen LogP contribution in [0.25, 0.3) is 0 Å². The van der Waals surface area contributed by atoms with Crippen molar-refractivity contribution in [1.82, 2.24) is 13.9 Å². The zero-order valence-electron chi connectivity index (χ0n) is 17.6. The van der Waals surface area contributed by atoms with Crippen molar-refractivity contribution in [1.29, 1.82) is 0 Å². The van der Waals surface area contributed by atoms with Crippen LogP contribution in [0.5, 0.6) is 0 Å². The molecule has 11 heteroatoms. The second kappa shape index (κ2) is 9.60. The standard InChI is InChI=1S/C21H27N3O5S3/c25-21(18-7-2-3-8-19(18)32(28,29)24-12-4-1-5-13-24)23-14-10-17(11-15-23)22-31(26,27)20-9-6-16-30-20/h2-3,6-9,16-17,22H,1,4-5,10-15H2. The first-order chi connectivity index (χ1) is 15.3. The fourth-order valence-corrected chi connectivity index (χ4v) is 8.19. The number of carbonyl (C=O) groups is 1. The van der Waals surface area contributed by atoms with Gasteiger partial charge in [0.2, 0.25) is 20.0 Å². The highest BCUT2D eigenvalue weighted by Crippen LogP contribution is 2.26. The third kappa shape index (κ3) is 4.91. The van der Waals surface area contributed by atoms with E-state index in [1.54, 1.807) is 40.6 Å². The minimum absolute atomic E-state index is 0.0485. The largest absolute Gasteiger partial charge is 0.338 e. The van der Waals surface area contributed by atoms with E-state index < -0.39 is 20.0 Å². The molecule has 8 nitrogen and oxygen atoms in total. The number of hydrogen-bond acceptors (Lipinski definition) is 6. The molecule has 2 saturated heterocycles. The van der Waals surface area contributed by atoms with Crippen molar-refractivity contribution in [2.75, 3.05) is 26.2 Å². The first-order valence-electron chi connectivity index (χ1n) is 10.7. The minimum atomic E-state index is -3.74. The fourth-order valence-electron chi connectivity index (χ4n) is 4.18. The molecule has 2 fully saturated rings. The third-order valence-electron chi connectivity index (χ3n) is 5.91. The molecule has 174 valence electrons. The first-order valence-corrected chi connectivity index (χ1v) is 14.5. The van der Waals surface area contributed by atoms with Gasteiger partial charge in [0.1, 0.15) is 4.21 Å². The number of benzene rings is 1. The Morgan fingerprint density at radius 1 is 0.906 bits per heavy atom. The van der Waals surface area contributed by atoms with Crippen LogP contribution < -0.4 is 4.72 Å². The number of likely N-dealkylation sites (tertiary alicyclic amines) is 1. The number of nitrogens with one attached hydrogen (secondary N) is 1. The molecule has 1 aromatic heterocycles. The van der Waals surface area contributed by atoms with E-state index in [4.69, 9.17) is 0 Å². The van der Waals surface area contributed by atoms with E-state index in [2.05, 4.69) is 4.72 Å². The summed E-state index contributed by atoms with van der Waals surface area (Å²) in [5.74, 6) is -0.333. The van der Waals surface area contributed by atoms with Gasteiger partial charge in [-0.3, -0.25) is 4.79 Å². The lowest BCUT2D eigenvalue weighted by atomic mass is 10.0. The molecule has 2 aliphatic rings. The van der Waals surface area contributed by atoms with Crippen molar-refractivity contribution < 1.29 is 21.6 Å². The third-order valence-corrected chi connectivity index (χ3v) is 10.8. The Bertz CT molecular complexity index is 1150. The summed E-state index contributed by atoms with van der Waals surface area (Å²) in [6.07, 6.45) is 3.60. The summed E-state index contributed by atoms with van der Waals surface area (Å²) < 4.78 is 55.7. The number of thiophene rings is 1. The van der Waals surface area contributed by atoms with Crippen molar-refractivity contribution in [3.8, 4) is 0 Å². The maximum Gasteiger partial charge on any atom is 0.255 e. The molecule has 3 heterocycles. The Hall–Kier alpha value is -1.79. The second-order valence-corrected chi connectivity index (χ2v) is 12.9. The first kappa shape index (κ1) is 23.4. The number of carbonyl (C=O) groups excluding carboxylic acids is 1. The molecule has 2 aromatic rings. The van der Waals surface area contributed by atoms with Gasteiger partial charge in [-0.05, 0) is 49.3 Å². The highest BCUT2D eigenvalue weighted by atomic mass is 32.2. The molecule has 1 aromatic carbocycles. The Balaban J connectivity index is 1.45. The molecule has 0 spiro atoms. The average molecular weight is 498 g/mol. The molecule has 32 heavy (non-hydrogen) atoms. The zero-order chi connectivity index (χ0) is 22.8. The van der Waals surface area contributed by atoms with Crippen molar-refractivity contribution in [3.63, 3.8) is 0 Å². The van der Waals surface area contributed by atoms with Gasteiger partial charge in [0.15, 0.2) is 0 Å². The van der Waals surface area contributed by atoms with Crippen molar-refractivity contribution >= 4 is 37.3 Å². The van der Waals surface area contributed by atoms with E-state index in [9.17, 15) is 21.6 Å². The number of amides is 1. The molecule has 0 bridgehead atoms. The predicted octanol–water partition coefficient (Wildman–Crippen LogP) is 2.51. The van der Waals surface area contributed by atoms with E-state index >= 15 is 0 Å². The highest BCUT2D eigenvalue weighted by molar-refractivity contribution is 7.91. The summed E-state index contributed by atoms with van der Waals surface area (Å²) in [6.45, 7) is 1.66. The molecule has 2 aliphatic heterocycles. The molecular weight excluding hydrogens is 470 g/mol. The van der Waals surface area contributed by atoms with E-state index in [1.807, 2.05) is 0 Å². The van der Waals surface area contributed by atoms with E-state index in [0.717, 1.165) is 30.6 Å². The second-order valence-electron chi connectivity index (χ2n) is 8.08. The van der Waals surface area contributed by atoms with Gasteiger partial charge < -0.3 is 4.90 Å². The molecule has 0 aliphatic carbocycles. The van der Waals surface area contributed by atoms with Crippen LogP contribution in [0.4, 0.5) is 0 Å². The van der Waals surface area contributed by atoms with Crippen molar-refractivity contribution in [2.45, 2.75) is 47.3 Å². The topological polar surface area (TPSA) is 104 Å². The molecule has 0 atom stereocenters. The molecule has 0 radical (unpaired) electrons. The van der Waals surface area contributed by atoms with Gasteiger partial charge >= 0.3 is 0 Å². The lowest BCUT2D eigenvalue weighted by Crippen LogP contribution is -2.46. The summed E-state index contributed by atoms with van der Waals surface area (Å²) in [4.78, 5) is 14.9. The van der Waals surface area contributed by atoms with Gasteiger partial charge in [0.25, 0.3) is 5.91 Å². The lowest BCUT2D eigenvalue weighted by molar-refractivity contribution is 0.0707. The summed E-state index contributed by atoms with van der Waals surface area (Å²) in [6, 6.07) is 9.35. The maximum atomic E-state index is 13.2. The van der Waals surface area contributed by atoms with Gasteiger partial charge in [0, 0.05) is 32.2 Å². The number of rotatable bonds is 6. The Kier molecular flexibility index (Phi) is 7.01. The zero-order valence-corrected chi connectivity index (χ0v) is 20.1. The Morgan fingerprint density at radius 2 is 1.59 bits per heavy atom. The molecule has 1 amide bonds. The van der Waals surface area contributed by atoms with Crippen LogP contribution in [0.3, 0.4) is 0 Å². The van der Waals surface area contributed by atoms with Crippen LogP contribution in [0.1, 0.15) is 42.5 Å². The Morgan fingerprint density at radius 3 is 2.25 bits per heavy atom. The van der Waals surface area contributed by atoms with Crippen LogP contribution in [0, 0.1) is 0 Å². The van der Waals surface area contributed by atoms with Gasteiger partial charge in [0.05, 0.1) is 10.5 Å². The van der Waals surface area contributed by atoms with Crippen LogP contribution in [0.15, 0.2) is 50.9 Å². The normalized spacial score (nSPS) is 19.2. The monoisotopic (exact) mass is 497 g/mol. The van der Waals surface area contributed by atoms with Gasteiger partial charge in [-0.25, -0.2) is 21.6 Å². The summed E-state index contributed by atoms with van der Waals surface area (Å²) in [5.41, 5.74) is 0.177. The summed E-state index contributed by atoms with van der Waals surface area (Å²) in [7, 11) is -7.31. The van der Waals surface area contributed by atoms with Crippen LogP contribution in [-0.4, -0.2) is 64.2 Å². The molecule has 0 saturated carbocycles. The quantitative estimate of drug-likeness (QED) is 0.660. The van der Waals surface area contributed by atoms with E-state index in [1.165, 1.54) is 10.4 Å². The van der Waals surface area contributed by atoms with Gasteiger partial charge in [-0.1, -0.05) is 24.6 Å². The maximum absolute atomic E-state index is 13.2. The molecular formula is C21H27N3O5S3. The molecule has 1 N–H and O–H groups in total. The fraction of sp³-hybridized carbons (Fsp3) is 0.476. The van der Waals surface area contributed by atoms with E-state index in [-0.39, 0.29) is 26.6 Å². The predicted molar refractivity (Wildman–Crippen MR) is 123 cm³/mol. The average Bonchev–Trinajstić information content (AvgIpc) is 3.36. The van der Waals surface area contributed by atoms with Crippen molar-refractivity contribution in [2.24, 2.45) is 0 Å². The minimum Gasteiger partial charge on any atom is -0.338 e. The number of hydrogen-bond donors (Lipinski definition) is 1. The van der Waals surface area contributed by atoms with Crippen LogP contribution >= 0.6 is 11.3 Å². The summed E-state index contributed by atoms with van der Waals surface area (Å²) >= 11 is 1.16. The van der Waals surface area contributed by atoms with Gasteiger partial charge in [-0.15, -0.1) is 11.3 Å². The smallest absolute Gasteiger partial charge is 0.255 e. The SMILES string of the molecule is O=C(c1ccccc1S(=O)(=O)N1CCCCC1)N1CCC(NS(=O)(=O)c2cccs2)CC1. The van der Waals surface area contributed by atoms with Crippen molar-refractivity contribution in [3.05, 3.63) is 47.3 Å². The summed E-state index contributed by atoms with van der Waals surface area (Å²) in [5, 5.41) is 1.71. The van der Waals surface area contributed by atoms with E-state index in [0.29, 0.717) is 39.0 Å². The molecule has 0 unspecified atom stereocenters. The Labute approximate surface area is 193 Å². The van der Waals surface area contributed by atoms with Crippen LogP contribution in [0.2, 0.25) is 0 Å². The van der Waals surface area contributed by atoms with Crippen LogP contribution in [-0.2, 0) is 20.0 Å². The molecule has 4 rings (SSSR count). The number of nitrogens with zero attached hydrogens (tertiary/aromatic N) is 2. The lowest BCUT2D eigenvalue weighted by Gasteiger charge is -2.33. The van der Waals surface area contributed by atoms with Gasteiger partial charge in [-0.2, -0.15) is 4.31 Å². The number of piperidine rings is 2. The highest BCUT2D eigenvalue weighted by Gasteiger charge is 2.33. The number of sulfonamides is 2.